The molecule has 1 amide bonds. The summed E-state index contributed by atoms with van der Waals surface area (Å²) in [5, 5.41) is 3.28. The summed E-state index contributed by atoms with van der Waals surface area (Å²) in [6.45, 7) is 4.88. The van der Waals surface area contributed by atoms with E-state index in [0.29, 0.717) is 6.04 Å². The van der Waals surface area contributed by atoms with Crippen molar-refractivity contribution in [1.29, 1.82) is 0 Å². The lowest BCUT2D eigenvalue weighted by atomic mass is 10.0. The number of carbonyl (C=O) groups excluding carboxylic acids is 1. The van der Waals surface area contributed by atoms with Crippen molar-refractivity contribution in [3.63, 3.8) is 0 Å². The molecule has 1 aromatic carbocycles. The highest BCUT2D eigenvalue weighted by molar-refractivity contribution is 5.94. The number of piperidine rings is 1. The van der Waals surface area contributed by atoms with E-state index in [2.05, 4.69) is 24.2 Å². The number of benzene rings is 1. The Morgan fingerprint density at radius 1 is 1.30 bits per heavy atom. The molecule has 1 atom stereocenters. The van der Waals surface area contributed by atoms with Crippen molar-refractivity contribution in [2.45, 2.75) is 32.2 Å². The van der Waals surface area contributed by atoms with Crippen LogP contribution in [0.3, 0.4) is 0 Å². The lowest BCUT2D eigenvalue weighted by Crippen LogP contribution is -2.46. The molecule has 1 unspecified atom stereocenters. The SMILES string of the molecule is CCCN(C)c1ccc(C(=O)N2CCCC(NC)C2)cc1.Cl.Cl. The Morgan fingerprint density at radius 3 is 2.52 bits per heavy atom. The van der Waals surface area contributed by atoms with Crippen LogP contribution in [0.5, 0.6) is 0 Å². The summed E-state index contributed by atoms with van der Waals surface area (Å²) in [6, 6.07) is 8.42. The van der Waals surface area contributed by atoms with E-state index in [1.807, 2.05) is 36.2 Å². The van der Waals surface area contributed by atoms with Gasteiger partial charge >= 0.3 is 0 Å². The van der Waals surface area contributed by atoms with Gasteiger partial charge in [-0.1, -0.05) is 6.92 Å². The van der Waals surface area contributed by atoms with Crippen molar-refractivity contribution in [3.05, 3.63) is 29.8 Å². The van der Waals surface area contributed by atoms with E-state index >= 15 is 0 Å². The molecule has 2 rings (SSSR count). The van der Waals surface area contributed by atoms with Crippen molar-refractivity contribution < 1.29 is 4.79 Å². The highest BCUT2D eigenvalue weighted by Gasteiger charge is 2.23. The monoisotopic (exact) mass is 361 g/mol. The molecule has 1 N–H and O–H groups in total. The van der Waals surface area contributed by atoms with Crippen LogP contribution < -0.4 is 10.2 Å². The van der Waals surface area contributed by atoms with Crippen LogP contribution in [-0.4, -0.2) is 50.6 Å². The first kappa shape index (κ1) is 22.0. The minimum atomic E-state index is 0. The van der Waals surface area contributed by atoms with E-state index in [0.717, 1.165) is 44.5 Å². The Morgan fingerprint density at radius 2 is 1.96 bits per heavy atom. The lowest BCUT2D eigenvalue weighted by molar-refractivity contribution is 0.0698. The number of anilines is 1. The Balaban J connectivity index is 0.00000242. The molecule has 6 heteroatoms. The normalized spacial score (nSPS) is 17.0. The van der Waals surface area contributed by atoms with Gasteiger partial charge in [-0.05, 0) is 50.6 Å². The second kappa shape index (κ2) is 10.7. The van der Waals surface area contributed by atoms with Gasteiger partial charge in [0.2, 0.25) is 0 Å². The molecule has 1 aliphatic heterocycles. The molecule has 0 saturated carbocycles. The highest BCUT2D eigenvalue weighted by atomic mass is 35.5. The fraction of sp³-hybridized carbons (Fsp3) is 0.588. The fourth-order valence-electron chi connectivity index (χ4n) is 2.90. The van der Waals surface area contributed by atoms with E-state index in [4.69, 9.17) is 0 Å². The van der Waals surface area contributed by atoms with Gasteiger partial charge in [-0.15, -0.1) is 24.8 Å². The Kier molecular flexibility index (Phi) is 10.3. The first-order valence-corrected chi connectivity index (χ1v) is 7.93. The largest absolute Gasteiger partial charge is 0.375 e. The van der Waals surface area contributed by atoms with Crippen LogP contribution in [-0.2, 0) is 0 Å². The molecule has 1 aromatic rings. The second-order valence-corrected chi connectivity index (χ2v) is 5.85. The van der Waals surface area contributed by atoms with Gasteiger partial charge in [0, 0.05) is 44.0 Å². The number of amides is 1. The van der Waals surface area contributed by atoms with Gasteiger partial charge in [0.25, 0.3) is 5.91 Å². The van der Waals surface area contributed by atoms with Crippen LogP contribution in [0.15, 0.2) is 24.3 Å². The zero-order chi connectivity index (χ0) is 15.2. The molecule has 1 saturated heterocycles. The zero-order valence-electron chi connectivity index (χ0n) is 14.2. The summed E-state index contributed by atoms with van der Waals surface area (Å²) in [6.07, 6.45) is 3.35. The molecular weight excluding hydrogens is 333 g/mol. The number of hydrogen-bond donors (Lipinski definition) is 1. The minimum absolute atomic E-state index is 0. The maximum Gasteiger partial charge on any atom is 0.253 e. The summed E-state index contributed by atoms with van der Waals surface area (Å²) < 4.78 is 0. The second-order valence-electron chi connectivity index (χ2n) is 5.85. The fourth-order valence-corrected chi connectivity index (χ4v) is 2.90. The molecule has 0 bridgehead atoms. The van der Waals surface area contributed by atoms with Crippen LogP contribution in [0.25, 0.3) is 0 Å². The van der Waals surface area contributed by atoms with Crippen LogP contribution in [0.2, 0.25) is 0 Å². The summed E-state index contributed by atoms with van der Waals surface area (Å²) in [7, 11) is 4.06. The molecule has 0 spiro atoms. The molecule has 132 valence electrons. The summed E-state index contributed by atoms with van der Waals surface area (Å²) >= 11 is 0. The van der Waals surface area contributed by atoms with E-state index < -0.39 is 0 Å². The maximum atomic E-state index is 12.6. The van der Waals surface area contributed by atoms with Crippen LogP contribution in [0.4, 0.5) is 5.69 Å². The molecule has 0 aliphatic carbocycles. The van der Waals surface area contributed by atoms with Gasteiger partial charge in [-0.25, -0.2) is 0 Å². The van der Waals surface area contributed by atoms with Crippen molar-refractivity contribution in [1.82, 2.24) is 10.2 Å². The predicted octanol–water partition coefficient (Wildman–Crippen LogP) is 3.20. The number of carbonyl (C=O) groups is 1. The number of halogens is 2. The van der Waals surface area contributed by atoms with Gasteiger partial charge in [0.15, 0.2) is 0 Å². The van der Waals surface area contributed by atoms with Gasteiger partial charge in [0.1, 0.15) is 0 Å². The number of nitrogens with zero attached hydrogens (tertiary/aromatic N) is 2. The number of rotatable bonds is 5. The minimum Gasteiger partial charge on any atom is -0.375 e. The standard InChI is InChI=1S/C17H27N3O.2ClH/c1-4-11-19(3)16-9-7-14(8-10-16)17(21)20-12-5-6-15(13-20)18-2;;/h7-10,15,18H,4-6,11-13H2,1-3H3;2*1H. The van der Waals surface area contributed by atoms with E-state index in [-0.39, 0.29) is 30.7 Å². The average Bonchev–Trinajstić information content (AvgIpc) is 2.54. The van der Waals surface area contributed by atoms with Gasteiger partial charge in [-0.2, -0.15) is 0 Å². The van der Waals surface area contributed by atoms with Crippen molar-refractivity contribution in [2.75, 3.05) is 38.6 Å². The van der Waals surface area contributed by atoms with Gasteiger partial charge < -0.3 is 15.1 Å². The Labute approximate surface area is 152 Å². The van der Waals surface area contributed by atoms with Crippen molar-refractivity contribution in [2.24, 2.45) is 0 Å². The third kappa shape index (κ3) is 5.87. The molecular formula is C17H29Cl2N3O. The van der Waals surface area contributed by atoms with E-state index in [9.17, 15) is 4.79 Å². The maximum absolute atomic E-state index is 12.6. The number of likely N-dealkylation sites (N-methyl/N-ethyl adjacent to an activating group) is 1. The summed E-state index contributed by atoms with van der Waals surface area (Å²) in [5.41, 5.74) is 1.96. The topological polar surface area (TPSA) is 35.6 Å². The van der Waals surface area contributed by atoms with Crippen molar-refractivity contribution >= 4 is 36.4 Å². The molecule has 0 radical (unpaired) electrons. The number of nitrogens with one attached hydrogen (secondary N) is 1. The Bertz CT molecular complexity index is 467. The van der Waals surface area contributed by atoms with E-state index in [1.54, 1.807) is 0 Å². The van der Waals surface area contributed by atoms with Crippen LogP contribution >= 0.6 is 24.8 Å². The van der Waals surface area contributed by atoms with E-state index in [1.165, 1.54) is 5.69 Å². The van der Waals surface area contributed by atoms with Gasteiger partial charge in [0.05, 0.1) is 0 Å². The molecule has 0 aromatic heterocycles. The van der Waals surface area contributed by atoms with Crippen LogP contribution in [0, 0.1) is 0 Å². The molecule has 23 heavy (non-hydrogen) atoms. The lowest BCUT2D eigenvalue weighted by Gasteiger charge is -2.32. The van der Waals surface area contributed by atoms with Crippen molar-refractivity contribution in [3.8, 4) is 0 Å². The van der Waals surface area contributed by atoms with Gasteiger partial charge in [-0.3, -0.25) is 4.79 Å². The summed E-state index contributed by atoms with van der Waals surface area (Å²) in [4.78, 5) is 16.7. The molecule has 4 nitrogen and oxygen atoms in total. The number of likely N-dealkylation sites (tertiary alicyclic amines) is 1. The third-order valence-corrected chi connectivity index (χ3v) is 4.23. The summed E-state index contributed by atoms with van der Waals surface area (Å²) in [5.74, 6) is 0.152. The average molecular weight is 362 g/mol. The third-order valence-electron chi connectivity index (χ3n) is 4.23. The number of hydrogen-bond acceptors (Lipinski definition) is 3. The molecule has 1 fully saturated rings. The first-order valence-electron chi connectivity index (χ1n) is 7.93. The molecule has 1 heterocycles. The quantitative estimate of drug-likeness (QED) is 0.874. The highest BCUT2D eigenvalue weighted by Crippen LogP contribution is 2.17. The zero-order valence-corrected chi connectivity index (χ0v) is 15.9. The molecule has 1 aliphatic rings. The first-order chi connectivity index (χ1) is 10.2. The Hall–Kier alpha value is -0.970. The smallest absolute Gasteiger partial charge is 0.253 e. The van der Waals surface area contributed by atoms with Crippen LogP contribution in [0.1, 0.15) is 36.5 Å². The predicted molar refractivity (Wildman–Crippen MR) is 102 cm³/mol.